The third-order valence-electron chi connectivity index (χ3n) is 3.82. The Balaban J connectivity index is 2.31. The summed E-state index contributed by atoms with van der Waals surface area (Å²) in [6.45, 7) is 7.08. The van der Waals surface area contributed by atoms with Crippen molar-refractivity contribution in [2.75, 3.05) is 26.7 Å². The van der Waals surface area contributed by atoms with Gasteiger partial charge in [-0.1, -0.05) is 0 Å². The second kappa shape index (κ2) is 7.38. The van der Waals surface area contributed by atoms with Crippen LogP contribution in [-0.2, 0) is 4.79 Å². The van der Waals surface area contributed by atoms with Crippen LogP contribution in [0.3, 0.4) is 0 Å². The van der Waals surface area contributed by atoms with Crippen LogP contribution in [0.25, 0.3) is 0 Å². The molecule has 0 aromatic carbocycles. The molecular weight excluding hydrogens is 226 g/mol. The normalized spacial score (nSPS) is 17.7. The number of piperidine rings is 1. The summed E-state index contributed by atoms with van der Waals surface area (Å²) in [5.41, 5.74) is 0. The van der Waals surface area contributed by atoms with Gasteiger partial charge in [0, 0.05) is 25.4 Å². The molecule has 0 aliphatic carbocycles. The predicted molar refractivity (Wildman–Crippen MR) is 71.9 cm³/mol. The van der Waals surface area contributed by atoms with Crippen LogP contribution in [0.1, 0.15) is 39.5 Å². The Labute approximate surface area is 111 Å². The van der Waals surface area contributed by atoms with Gasteiger partial charge in [-0.15, -0.1) is 0 Å². The van der Waals surface area contributed by atoms with Gasteiger partial charge in [0.05, 0.1) is 6.07 Å². The summed E-state index contributed by atoms with van der Waals surface area (Å²) in [6.07, 6.45) is 3.50. The number of likely N-dealkylation sites (tertiary alicyclic amines) is 1. The Morgan fingerprint density at radius 2 is 2.06 bits per heavy atom. The van der Waals surface area contributed by atoms with E-state index < -0.39 is 0 Å². The topological polar surface area (TPSA) is 47.3 Å². The molecule has 1 fully saturated rings. The van der Waals surface area contributed by atoms with Crippen molar-refractivity contribution in [1.29, 1.82) is 5.26 Å². The summed E-state index contributed by atoms with van der Waals surface area (Å²) in [6, 6.07) is 2.46. The Bertz CT molecular complexity index is 301. The number of rotatable bonds is 5. The SMILES string of the molecule is CC(C)N(C)C(=O)C1CCN(CCCC#N)CC1. The van der Waals surface area contributed by atoms with Gasteiger partial charge in [0.1, 0.15) is 0 Å². The quantitative estimate of drug-likeness (QED) is 0.701. The van der Waals surface area contributed by atoms with E-state index in [1.165, 1.54) is 0 Å². The molecule has 0 aromatic rings. The molecule has 0 bridgehead atoms. The largest absolute Gasteiger partial charge is 0.343 e. The molecule has 0 aromatic heterocycles. The summed E-state index contributed by atoms with van der Waals surface area (Å²) in [5.74, 6) is 0.492. The Kier molecular flexibility index (Phi) is 6.14. The molecule has 102 valence electrons. The number of amides is 1. The zero-order chi connectivity index (χ0) is 13.5. The first kappa shape index (κ1) is 15.0. The van der Waals surface area contributed by atoms with Gasteiger partial charge in [-0.25, -0.2) is 0 Å². The molecule has 4 nitrogen and oxygen atoms in total. The Morgan fingerprint density at radius 1 is 1.44 bits per heavy atom. The smallest absolute Gasteiger partial charge is 0.225 e. The molecule has 0 unspecified atom stereocenters. The van der Waals surface area contributed by atoms with Crippen molar-refractivity contribution in [3.63, 3.8) is 0 Å². The molecule has 1 amide bonds. The van der Waals surface area contributed by atoms with Crippen molar-refractivity contribution in [2.45, 2.75) is 45.6 Å². The Hall–Kier alpha value is -1.08. The van der Waals surface area contributed by atoms with E-state index in [2.05, 4.69) is 24.8 Å². The van der Waals surface area contributed by atoms with Gasteiger partial charge in [0.15, 0.2) is 0 Å². The molecule has 0 atom stereocenters. The summed E-state index contributed by atoms with van der Waals surface area (Å²) in [5, 5.41) is 8.50. The predicted octanol–water partition coefficient (Wildman–Crippen LogP) is 1.87. The molecule has 0 radical (unpaired) electrons. The van der Waals surface area contributed by atoms with Crippen molar-refractivity contribution in [2.24, 2.45) is 5.92 Å². The minimum atomic E-state index is 0.199. The van der Waals surface area contributed by atoms with Crippen LogP contribution in [0.15, 0.2) is 0 Å². The minimum absolute atomic E-state index is 0.199. The molecule has 0 N–H and O–H groups in total. The lowest BCUT2D eigenvalue weighted by Gasteiger charge is -2.34. The van der Waals surface area contributed by atoms with Gasteiger partial charge in [-0.3, -0.25) is 4.79 Å². The number of nitrogens with zero attached hydrogens (tertiary/aromatic N) is 3. The zero-order valence-electron chi connectivity index (χ0n) is 11.9. The van der Waals surface area contributed by atoms with Crippen LogP contribution in [0.2, 0.25) is 0 Å². The zero-order valence-corrected chi connectivity index (χ0v) is 11.9. The van der Waals surface area contributed by atoms with Crippen molar-refractivity contribution in [3.05, 3.63) is 0 Å². The van der Waals surface area contributed by atoms with Crippen molar-refractivity contribution in [1.82, 2.24) is 9.80 Å². The number of carbonyl (C=O) groups is 1. The first-order valence-corrected chi connectivity index (χ1v) is 6.92. The summed E-state index contributed by atoms with van der Waals surface area (Å²) in [4.78, 5) is 16.4. The van der Waals surface area contributed by atoms with Crippen LogP contribution in [0.4, 0.5) is 0 Å². The highest BCUT2D eigenvalue weighted by atomic mass is 16.2. The summed E-state index contributed by atoms with van der Waals surface area (Å²) in [7, 11) is 1.90. The molecule has 18 heavy (non-hydrogen) atoms. The lowest BCUT2D eigenvalue weighted by Crippen LogP contribution is -2.43. The molecular formula is C14H25N3O. The molecule has 1 heterocycles. The molecule has 0 spiro atoms. The molecule has 4 heteroatoms. The Morgan fingerprint density at radius 3 is 2.56 bits per heavy atom. The van der Waals surface area contributed by atoms with Gasteiger partial charge in [0.2, 0.25) is 5.91 Å². The van der Waals surface area contributed by atoms with Crippen LogP contribution in [0, 0.1) is 17.2 Å². The second-order valence-electron chi connectivity index (χ2n) is 5.42. The lowest BCUT2D eigenvalue weighted by atomic mass is 9.95. The van der Waals surface area contributed by atoms with Crippen molar-refractivity contribution < 1.29 is 4.79 Å². The second-order valence-corrected chi connectivity index (χ2v) is 5.42. The van der Waals surface area contributed by atoms with E-state index >= 15 is 0 Å². The maximum Gasteiger partial charge on any atom is 0.225 e. The molecule has 1 saturated heterocycles. The molecule has 1 aliphatic heterocycles. The van der Waals surface area contributed by atoms with E-state index in [0.29, 0.717) is 12.3 Å². The standard InChI is InChI=1S/C14H25N3O/c1-12(2)16(3)14(18)13-6-10-17(11-7-13)9-5-4-8-15/h12-13H,4-7,9-11H2,1-3H3. The maximum atomic E-state index is 12.2. The van der Waals surface area contributed by atoms with Crippen LogP contribution in [0.5, 0.6) is 0 Å². The third kappa shape index (κ3) is 4.30. The van der Waals surface area contributed by atoms with Gasteiger partial charge < -0.3 is 9.80 Å². The molecule has 0 saturated carbocycles. The number of nitriles is 1. The van der Waals surface area contributed by atoms with Gasteiger partial charge in [-0.05, 0) is 52.7 Å². The highest BCUT2D eigenvalue weighted by Crippen LogP contribution is 2.20. The monoisotopic (exact) mass is 251 g/mol. The van der Waals surface area contributed by atoms with Crippen LogP contribution in [-0.4, -0.2) is 48.4 Å². The number of hydrogen-bond acceptors (Lipinski definition) is 3. The van der Waals surface area contributed by atoms with E-state index in [1.807, 2.05) is 11.9 Å². The van der Waals surface area contributed by atoms with E-state index in [1.54, 1.807) is 0 Å². The van der Waals surface area contributed by atoms with Gasteiger partial charge in [-0.2, -0.15) is 5.26 Å². The third-order valence-corrected chi connectivity index (χ3v) is 3.82. The maximum absolute atomic E-state index is 12.2. The van der Waals surface area contributed by atoms with Crippen molar-refractivity contribution >= 4 is 5.91 Å². The number of hydrogen-bond donors (Lipinski definition) is 0. The average Bonchev–Trinajstić information content (AvgIpc) is 2.38. The van der Waals surface area contributed by atoms with E-state index in [-0.39, 0.29) is 12.0 Å². The van der Waals surface area contributed by atoms with E-state index in [4.69, 9.17) is 5.26 Å². The minimum Gasteiger partial charge on any atom is -0.343 e. The molecule has 1 aliphatic rings. The summed E-state index contributed by atoms with van der Waals surface area (Å²) >= 11 is 0. The summed E-state index contributed by atoms with van der Waals surface area (Å²) < 4.78 is 0. The van der Waals surface area contributed by atoms with E-state index in [9.17, 15) is 4.79 Å². The fourth-order valence-electron chi connectivity index (χ4n) is 2.33. The first-order valence-electron chi connectivity index (χ1n) is 6.92. The first-order chi connectivity index (χ1) is 8.56. The number of carbonyl (C=O) groups excluding carboxylic acids is 1. The lowest BCUT2D eigenvalue weighted by molar-refractivity contribution is -0.137. The molecule has 1 rings (SSSR count). The fourth-order valence-corrected chi connectivity index (χ4v) is 2.33. The van der Waals surface area contributed by atoms with Crippen LogP contribution >= 0.6 is 0 Å². The average molecular weight is 251 g/mol. The highest BCUT2D eigenvalue weighted by Gasteiger charge is 2.27. The number of unbranched alkanes of at least 4 members (excludes halogenated alkanes) is 1. The van der Waals surface area contributed by atoms with E-state index in [0.717, 1.165) is 38.9 Å². The van der Waals surface area contributed by atoms with Gasteiger partial charge in [0.25, 0.3) is 0 Å². The van der Waals surface area contributed by atoms with Gasteiger partial charge >= 0.3 is 0 Å². The highest BCUT2D eigenvalue weighted by molar-refractivity contribution is 5.78. The fraction of sp³-hybridized carbons (Fsp3) is 0.857. The van der Waals surface area contributed by atoms with Crippen LogP contribution < -0.4 is 0 Å². The van der Waals surface area contributed by atoms with Crippen molar-refractivity contribution in [3.8, 4) is 6.07 Å².